The zero-order chi connectivity index (χ0) is 20.1. The van der Waals surface area contributed by atoms with Crippen LogP contribution in [0.3, 0.4) is 0 Å². The Bertz CT molecular complexity index is 762. The number of halogens is 1. The molecule has 0 N–H and O–H groups in total. The van der Waals surface area contributed by atoms with Crippen LogP contribution in [0.25, 0.3) is 0 Å². The number of benzene rings is 1. The molecule has 1 aromatic heterocycles. The number of nitrogens with zero attached hydrogens (tertiary/aromatic N) is 4. The average Bonchev–Trinajstić information content (AvgIpc) is 3.19. The van der Waals surface area contributed by atoms with Crippen molar-refractivity contribution in [3.63, 3.8) is 0 Å². The van der Waals surface area contributed by atoms with Crippen LogP contribution in [0.2, 0.25) is 5.02 Å². The van der Waals surface area contributed by atoms with Crippen molar-refractivity contribution in [2.45, 2.75) is 43.5 Å². The minimum atomic E-state index is 0.285. The van der Waals surface area contributed by atoms with Crippen molar-refractivity contribution in [1.29, 1.82) is 0 Å². The van der Waals surface area contributed by atoms with Crippen LogP contribution in [-0.4, -0.2) is 60.6 Å². The first-order chi connectivity index (χ1) is 13.5. The quantitative estimate of drug-likeness (QED) is 0.576. The van der Waals surface area contributed by atoms with Crippen molar-refractivity contribution in [1.82, 2.24) is 15.0 Å². The molecule has 0 unspecified atom stereocenters. The summed E-state index contributed by atoms with van der Waals surface area (Å²) in [4.78, 5) is 10.1. The van der Waals surface area contributed by atoms with Gasteiger partial charge in [-0.1, -0.05) is 30.6 Å². The fourth-order valence-electron chi connectivity index (χ4n) is 3.31. The fraction of sp³-hybridized carbons (Fsp3) is 0.600. The third-order valence-electron chi connectivity index (χ3n) is 5.14. The number of thioether (sulfide) groups is 1. The molecule has 0 spiro atoms. The molecule has 0 aliphatic carbocycles. The number of rotatable bonds is 8. The maximum absolute atomic E-state index is 6.24. The van der Waals surface area contributed by atoms with Crippen LogP contribution >= 0.6 is 23.4 Å². The van der Waals surface area contributed by atoms with E-state index in [0.29, 0.717) is 18.7 Å². The van der Waals surface area contributed by atoms with E-state index in [9.17, 15) is 0 Å². The van der Waals surface area contributed by atoms with Crippen LogP contribution in [0, 0.1) is 0 Å². The smallest absolute Gasteiger partial charge is 0.324 e. The van der Waals surface area contributed by atoms with Crippen molar-refractivity contribution in [2.24, 2.45) is 0 Å². The predicted molar refractivity (Wildman–Crippen MR) is 115 cm³/mol. The molecule has 1 aromatic carbocycles. The summed E-state index contributed by atoms with van der Waals surface area (Å²) in [6.07, 6.45) is 4.16. The van der Waals surface area contributed by atoms with Gasteiger partial charge < -0.3 is 14.2 Å². The Labute approximate surface area is 176 Å². The Kier molecular flexibility index (Phi) is 7.48. The molecule has 1 aliphatic rings. The zero-order valence-corrected chi connectivity index (χ0v) is 18.6. The molecule has 154 valence electrons. The second-order valence-corrected chi connectivity index (χ2v) is 8.69. The molecular formula is C20H29ClN4O2S. The average molecular weight is 425 g/mol. The van der Waals surface area contributed by atoms with Gasteiger partial charge in [0.25, 0.3) is 0 Å². The lowest BCUT2D eigenvalue weighted by atomic mass is 10.0. The van der Waals surface area contributed by atoms with Crippen LogP contribution in [0.1, 0.15) is 38.4 Å². The Morgan fingerprint density at radius 1 is 1.36 bits per heavy atom. The minimum absolute atomic E-state index is 0.285. The third kappa shape index (κ3) is 5.33. The normalized spacial score (nSPS) is 15.6. The van der Waals surface area contributed by atoms with Crippen LogP contribution in [0.15, 0.2) is 27.6 Å². The molecule has 28 heavy (non-hydrogen) atoms. The van der Waals surface area contributed by atoms with Gasteiger partial charge in [-0.2, -0.15) is 4.98 Å². The summed E-state index contributed by atoms with van der Waals surface area (Å²) >= 11 is 7.88. The topological polar surface area (TPSA) is 54.6 Å². The van der Waals surface area contributed by atoms with E-state index in [2.05, 4.69) is 40.8 Å². The molecule has 2 aromatic rings. The highest BCUT2D eigenvalue weighted by molar-refractivity contribution is 7.98. The standard InChI is InChI=1S/C20H29ClN4O2S/c1-14(2)19-22-20(27-23-19)25-9-7-15(8-10-25)24(3)11-12-26-16-5-6-18(28-4)17(21)13-16/h5-6,13-15H,7-12H2,1-4H3. The van der Waals surface area contributed by atoms with Crippen LogP contribution in [0.4, 0.5) is 6.01 Å². The van der Waals surface area contributed by atoms with Crippen molar-refractivity contribution in [3.05, 3.63) is 29.0 Å². The van der Waals surface area contributed by atoms with Crippen molar-refractivity contribution < 1.29 is 9.26 Å². The molecule has 0 amide bonds. The number of piperidine rings is 1. The predicted octanol–water partition coefficient (Wildman–Crippen LogP) is 4.55. The number of aromatic nitrogens is 2. The summed E-state index contributed by atoms with van der Waals surface area (Å²) in [6.45, 7) is 7.53. The van der Waals surface area contributed by atoms with Crippen molar-refractivity contribution in [2.75, 3.05) is 44.4 Å². The SMILES string of the molecule is CSc1ccc(OCCN(C)C2CCN(c3nc(C(C)C)no3)CC2)cc1Cl. The highest BCUT2D eigenvalue weighted by Gasteiger charge is 2.25. The van der Waals surface area contributed by atoms with E-state index in [-0.39, 0.29) is 5.92 Å². The molecule has 6 nitrogen and oxygen atoms in total. The Balaban J connectivity index is 1.42. The van der Waals surface area contributed by atoms with Gasteiger partial charge in [0, 0.05) is 36.5 Å². The number of anilines is 1. The molecule has 3 rings (SSSR count). The number of hydrogen-bond acceptors (Lipinski definition) is 7. The number of hydrogen-bond donors (Lipinski definition) is 0. The summed E-state index contributed by atoms with van der Waals surface area (Å²) in [5.74, 6) is 1.88. The molecule has 0 bridgehead atoms. The highest BCUT2D eigenvalue weighted by Crippen LogP contribution is 2.29. The lowest BCUT2D eigenvalue weighted by molar-refractivity contribution is 0.169. The summed E-state index contributed by atoms with van der Waals surface area (Å²) in [7, 11) is 2.16. The Morgan fingerprint density at radius 2 is 2.11 bits per heavy atom. The van der Waals surface area contributed by atoms with E-state index >= 15 is 0 Å². The Hall–Kier alpha value is -1.44. The van der Waals surface area contributed by atoms with E-state index < -0.39 is 0 Å². The van der Waals surface area contributed by atoms with Gasteiger partial charge in [0.15, 0.2) is 5.82 Å². The maximum Gasteiger partial charge on any atom is 0.324 e. The zero-order valence-electron chi connectivity index (χ0n) is 17.0. The largest absolute Gasteiger partial charge is 0.492 e. The first-order valence-electron chi connectivity index (χ1n) is 9.73. The van der Waals surface area contributed by atoms with Crippen LogP contribution in [-0.2, 0) is 0 Å². The van der Waals surface area contributed by atoms with Gasteiger partial charge in [-0.05, 0) is 44.3 Å². The monoisotopic (exact) mass is 424 g/mol. The van der Waals surface area contributed by atoms with E-state index in [1.165, 1.54) is 0 Å². The minimum Gasteiger partial charge on any atom is -0.492 e. The number of ether oxygens (including phenoxy) is 1. The molecule has 2 heterocycles. The Morgan fingerprint density at radius 3 is 2.71 bits per heavy atom. The lowest BCUT2D eigenvalue weighted by Crippen LogP contribution is -2.44. The molecule has 1 aliphatic heterocycles. The first kappa shape index (κ1) is 21.3. The molecular weight excluding hydrogens is 396 g/mol. The van der Waals surface area contributed by atoms with E-state index in [4.69, 9.17) is 20.9 Å². The molecule has 1 fully saturated rings. The maximum atomic E-state index is 6.24. The number of likely N-dealkylation sites (N-methyl/N-ethyl adjacent to an activating group) is 1. The summed E-state index contributed by atoms with van der Waals surface area (Å²) in [5, 5.41) is 4.81. The summed E-state index contributed by atoms with van der Waals surface area (Å²) < 4.78 is 11.3. The van der Waals surface area contributed by atoms with Gasteiger partial charge in [-0.15, -0.1) is 11.8 Å². The highest BCUT2D eigenvalue weighted by atomic mass is 35.5. The first-order valence-corrected chi connectivity index (χ1v) is 11.3. The van der Waals surface area contributed by atoms with Crippen LogP contribution < -0.4 is 9.64 Å². The summed E-state index contributed by atoms with van der Waals surface area (Å²) in [5.41, 5.74) is 0. The molecule has 1 saturated heterocycles. The fourth-order valence-corrected chi connectivity index (χ4v) is 4.17. The molecule has 8 heteroatoms. The van der Waals surface area contributed by atoms with E-state index in [1.807, 2.05) is 24.5 Å². The van der Waals surface area contributed by atoms with Gasteiger partial charge in [0.2, 0.25) is 0 Å². The van der Waals surface area contributed by atoms with E-state index in [1.54, 1.807) is 11.8 Å². The van der Waals surface area contributed by atoms with Crippen molar-refractivity contribution in [3.8, 4) is 5.75 Å². The van der Waals surface area contributed by atoms with Gasteiger partial charge in [0.1, 0.15) is 12.4 Å². The van der Waals surface area contributed by atoms with Crippen molar-refractivity contribution >= 4 is 29.4 Å². The molecule has 0 radical (unpaired) electrons. The molecule has 0 atom stereocenters. The summed E-state index contributed by atoms with van der Waals surface area (Å²) in [6, 6.07) is 7.06. The van der Waals surface area contributed by atoms with E-state index in [0.717, 1.165) is 54.0 Å². The molecule has 0 saturated carbocycles. The third-order valence-corrected chi connectivity index (χ3v) is 6.36. The van der Waals surface area contributed by atoms with Gasteiger partial charge in [0.05, 0.1) is 5.02 Å². The second kappa shape index (κ2) is 9.85. The van der Waals surface area contributed by atoms with Gasteiger partial charge in [-0.3, -0.25) is 4.90 Å². The van der Waals surface area contributed by atoms with Gasteiger partial charge >= 0.3 is 6.01 Å². The van der Waals surface area contributed by atoms with Crippen LogP contribution in [0.5, 0.6) is 5.75 Å². The second-order valence-electron chi connectivity index (χ2n) is 7.43. The lowest BCUT2D eigenvalue weighted by Gasteiger charge is -2.35. The van der Waals surface area contributed by atoms with Gasteiger partial charge in [-0.25, -0.2) is 0 Å².